The van der Waals surface area contributed by atoms with E-state index in [0.29, 0.717) is 12.8 Å². The van der Waals surface area contributed by atoms with Crippen molar-refractivity contribution in [1.29, 1.82) is 0 Å². The molecule has 0 saturated carbocycles. The van der Waals surface area contributed by atoms with Crippen LogP contribution in [0, 0.1) is 0 Å². The van der Waals surface area contributed by atoms with Crippen LogP contribution in [0.15, 0.2) is 11.5 Å². The molecule has 0 radical (unpaired) electrons. The van der Waals surface area contributed by atoms with Crippen LogP contribution in [0.25, 0.3) is 0 Å². The normalized spacial score (nSPS) is 11.9. The Morgan fingerprint density at radius 1 is 1.50 bits per heavy atom. The molecule has 114 valence electrons. The number of amides is 1. The second-order valence-electron chi connectivity index (χ2n) is 5.11. The fourth-order valence-corrected chi connectivity index (χ4v) is 2.51. The summed E-state index contributed by atoms with van der Waals surface area (Å²) >= 11 is 1.35. The summed E-state index contributed by atoms with van der Waals surface area (Å²) in [7, 11) is 0. The summed E-state index contributed by atoms with van der Waals surface area (Å²) in [5, 5.41) is 21.5. The third-order valence-electron chi connectivity index (χ3n) is 3.36. The highest BCUT2D eigenvalue weighted by atomic mass is 32.2. The molecule has 1 rings (SSSR count). The predicted molar refractivity (Wildman–Crippen MR) is 79.7 cm³/mol. The van der Waals surface area contributed by atoms with Gasteiger partial charge in [0.25, 0.3) is 0 Å². The lowest BCUT2D eigenvalue weighted by atomic mass is 9.98. The van der Waals surface area contributed by atoms with Crippen molar-refractivity contribution >= 4 is 17.7 Å². The van der Waals surface area contributed by atoms with Crippen LogP contribution in [0.2, 0.25) is 0 Å². The minimum Gasteiger partial charge on any atom is -0.388 e. The van der Waals surface area contributed by atoms with Crippen molar-refractivity contribution in [3.05, 3.63) is 6.33 Å². The smallest absolute Gasteiger partial charge is 0.230 e. The third kappa shape index (κ3) is 4.79. The molecular formula is C13H24N4O2S. The number of hydrogen-bond donors (Lipinski definition) is 2. The van der Waals surface area contributed by atoms with Gasteiger partial charge in [0.1, 0.15) is 6.33 Å². The molecule has 1 aromatic rings. The number of carbonyl (C=O) groups excluding carboxylic acids is 1. The first-order valence-corrected chi connectivity index (χ1v) is 7.91. The van der Waals surface area contributed by atoms with Crippen LogP contribution < -0.4 is 5.32 Å². The van der Waals surface area contributed by atoms with Crippen LogP contribution in [0.5, 0.6) is 0 Å². The van der Waals surface area contributed by atoms with Gasteiger partial charge >= 0.3 is 0 Å². The zero-order valence-electron chi connectivity index (χ0n) is 12.6. The largest absolute Gasteiger partial charge is 0.388 e. The molecule has 1 heterocycles. The van der Waals surface area contributed by atoms with Gasteiger partial charge in [-0.1, -0.05) is 25.6 Å². The van der Waals surface area contributed by atoms with Crippen LogP contribution >= 0.6 is 11.8 Å². The lowest BCUT2D eigenvalue weighted by molar-refractivity contribution is -0.119. The molecule has 1 aromatic heterocycles. The Morgan fingerprint density at radius 2 is 2.15 bits per heavy atom. The summed E-state index contributed by atoms with van der Waals surface area (Å²) in [6, 6.07) is 0.265. The first-order chi connectivity index (χ1) is 9.41. The number of aromatic nitrogens is 3. The Balaban J connectivity index is 2.42. The van der Waals surface area contributed by atoms with E-state index in [-0.39, 0.29) is 24.2 Å². The van der Waals surface area contributed by atoms with Gasteiger partial charge in [-0.25, -0.2) is 0 Å². The van der Waals surface area contributed by atoms with Crippen LogP contribution in [0.1, 0.15) is 46.6 Å². The van der Waals surface area contributed by atoms with Crippen molar-refractivity contribution < 1.29 is 9.90 Å². The van der Waals surface area contributed by atoms with Crippen molar-refractivity contribution in [3.63, 3.8) is 0 Å². The highest BCUT2D eigenvalue weighted by Crippen LogP contribution is 2.18. The molecule has 0 fully saturated rings. The van der Waals surface area contributed by atoms with E-state index in [1.54, 1.807) is 6.33 Å². The molecule has 0 aromatic carbocycles. The molecule has 0 aliphatic heterocycles. The van der Waals surface area contributed by atoms with Gasteiger partial charge in [-0.15, -0.1) is 10.2 Å². The second-order valence-corrected chi connectivity index (χ2v) is 6.05. The zero-order chi connectivity index (χ0) is 15.2. The summed E-state index contributed by atoms with van der Waals surface area (Å²) in [6.07, 6.45) is 2.91. The van der Waals surface area contributed by atoms with E-state index in [9.17, 15) is 9.90 Å². The summed E-state index contributed by atoms with van der Waals surface area (Å²) in [5.41, 5.74) is -0.807. The van der Waals surface area contributed by atoms with Crippen molar-refractivity contribution in [1.82, 2.24) is 20.1 Å². The molecule has 0 spiro atoms. The third-order valence-corrected chi connectivity index (χ3v) is 4.32. The van der Waals surface area contributed by atoms with E-state index < -0.39 is 5.60 Å². The number of aliphatic hydroxyl groups is 1. The average molecular weight is 300 g/mol. The maximum absolute atomic E-state index is 11.8. The van der Waals surface area contributed by atoms with E-state index in [0.717, 1.165) is 5.16 Å². The molecule has 0 bridgehead atoms. The van der Waals surface area contributed by atoms with Crippen molar-refractivity contribution in [3.8, 4) is 0 Å². The van der Waals surface area contributed by atoms with Gasteiger partial charge in [0.05, 0.1) is 11.4 Å². The highest BCUT2D eigenvalue weighted by Gasteiger charge is 2.22. The number of rotatable bonds is 8. The molecule has 7 heteroatoms. The monoisotopic (exact) mass is 300 g/mol. The van der Waals surface area contributed by atoms with E-state index >= 15 is 0 Å². The number of nitrogens with zero attached hydrogens (tertiary/aromatic N) is 3. The first kappa shape index (κ1) is 17.0. The molecule has 1 amide bonds. The molecule has 2 N–H and O–H groups in total. The fourth-order valence-electron chi connectivity index (χ4n) is 1.63. The molecule has 0 unspecified atom stereocenters. The molecular weight excluding hydrogens is 276 g/mol. The zero-order valence-corrected chi connectivity index (χ0v) is 13.4. The van der Waals surface area contributed by atoms with Crippen LogP contribution in [-0.4, -0.2) is 43.7 Å². The number of thioether (sulfide) groups is 1. The minimum absolute atomic E-state index is 0.103. The maximum Gasteiger partial charge on any atom is 0.230 e. The van der Waals surface area contributed by atoms with Gasteiger partial charge < -0.3 is 15.0 Å². The molecule has 0 aliphatic rings. The van der Waals surface area contributed by atoms with Gasteiger partial charge in [0.15, 0.2) is 5.16 Å². The summed E-state index contributed by atoms with van der Waals surface area (Å²) in [5.74, 6) is 0.170. The van der Waals surface area contributed by atoms with E-state index in [4.69, 9.17) is 0 Å². The van der Waals surface area contributed by atoms with Crippen molar-refractivity contribution in [2.75, 3.05) is 12.3 Å². The van der Waals surface area contributed by atoms with Crippen LogP contribution in [-0.2, 0) is 4.79 Å². The fraction of sp³-hybridized carbons (Fsp3) is 0.769. The number of hydrogen-bond acceptors (Lipinski definition) is 5. The lowest BCUT2D eigenvalue weighted by Gasteiger charge is -2.25. The lowest BCUT2D eigenvalue weighted by Crippen LogP contribution is -2.42. The van der Waals surface area contributed by atoms with Crippen molar-refractivity contribution in [2.24, 2.45) is 0 Å². The average Bonchev–Trinajstić information content (AvgIpc) is 2.91. The highest BCUT2D eigenvalue weighted by molar-refractivity contribution is 7.99. The maximum atomic E-state index is 11.8. The van der Waals surface area contributed by atoms with Gasteiger partial charge in [-0.3, -0.25) is 4.79 Å². The molecule has 6 nitrogen and oxygen atoms in total. The minimum atomic E-state index is -0.807. The first-order valence-electron chi connectivity index (χ1n) is 6.93. The van der Waals surface area contributed by atoms with Gasteiger partial charge in [0, 0.05) is 12.6 Å². The standard InChI is InChI=1S/C13H24N4O2S/c1-5-13(19,6-2)8-14-11(18)7-20-12-16-15-9-17(12)10(3)4/h9-10,19H,5-8H2,1-4H3,(H,14,18). The quantitative estimate of drug-likeness (QED) is 0.713. The van der Waals surface area contributed by atoms with Gasteiger partial charge in [-0.2, -0.15) is 0 Å². The van der Waals surface area contributed by atoms with Gasteiger partial charge in [0.2, 0.25) is 5.91 Å². The van der Waals surface area contributed by atoms with E-state index in [1.165, 1.54) is 11.8 Å². The van der Waals surface area contributed by atoms with E-state index in [1.807, 2.05) is 32.3 Å². The van der Waals surface area contributed by atoms with Crippen LogP contribution in [0.3, 0.4) is 0 Å². The topological polar surface area (TPSA) is 80.0 Å². The number of carbonyl (C=O) groups is 1. The Hall–Kier alpha value is -1.08. The SMILES string of the molecule is CCC(O)(CC)CNC(=O)CSc1nncn1C(C)C. The summed E-state index contributed by atoms with van der Waals surface area (Å²) in [4.78, 5) is 11.8. The molecule has 0 saturated heterocycles. The Kier molecular flexibility index (Phi) is 6.48. The molecule has 20 heavy (non-hydrogen) atoms. The summed E-state index contributed by atoms with van der Waals surface area (Å²) in [6.45, 7) is 8.19. The van der Waals surface area contributed by atoms with E-state index in [2.05, 4.69) is 15.5 Å². The predicted octanol–water partition coefficient (Wildman–Crippen LogP) is 1.62. The Bertz CT molecular complexity index is 430. The number of nitrogens with one attached hydrogen (secondary N) is 1. The Morgan fingerprint density at radius 3 is 2.70 bits per heavy atom. The summed E-state index contributed by atoms with van der Waals surface area (Å²) < 4.78 is 1.92. The molecule has 0 aliphatic carbocycles. The van der Waals surface area contributed by atoms with Crippen LogP contribution in [0.4, 0.5) is 0 Å². The Labute approximate surface area is 124 Å². The molecule has 0 atom stereocenters. The van der Waals surface area contributed by atoms with Crippen molar-refractivity contribution in [2.45, 2.75) is 57.3 Å². The van der Waals surface area contributed by atoms with Gasteiger partial charge in [-0.05, 0) is 26.7 Å². The second kappa shape index (κ2) is 7.64.